The van der Waals surface area contributed by atoms with Crippen molar-refractivity contribution in [1.82, 2.24) is 25.4 Å². The van der Waals surface area contributed by atoms with E-state index in [1.807, 2.05) is 31.3 Å². The Hall–Kier alpha value is -2.76. The monoisotopic (exact) mass is 528 g/mol. The van der Waals surface area contributed by atoms with Gasteiger partial charge in [-0.1, -0.05) is 18.2 Å². The quantitative estimate of drug-likeness (QED) is 0.265. The fourth-order valence-corrected chi connectivity index (χ4v) is 2.64. The summed E-state index contributed by atoms with van der Waals surface area (Å²) in [5.74, 6) is 1.42. The number of pyridine rings is 1. The zero-order chi connectivity index (χ0) is 20.5. The van der Waals surface area contributed by atoms with Crippen LogP contribution in [0.25, 0.3) is 5.82 Å². The Morgan fingerprint density at radius 2 is 2.00 bits per heavy atom. The van der Waals surface area contributed by atoms with E-state index in [1.54, 1.807) is 35.3 Å². The second-order valence-corrected chi connectivity index (χ2v) is 6.01. The number of alkyl halides is 2. The number of halogens is 3. The molecule has 0 amide bonds. The SMILES string of the molecule is CCNC(=NCc1ccnc(-n2cccn2)c1)NCc1ccccc1OC(F)F.I. The fourth-order valence-electron chi connectivity index (χ4n) is 2.64. The number of benzene rings is 1. The Morgan fingerprint density at radius 3 is 2.73 bits per heavy atom. The van der Waals surface area contributed by atoms with E-state index < -0.39 is 6.61 Å². The molecule has 0 aliphatic carbocycles. The first-order chi connectivity index (χ1) is 14.2. The third-order valence-electron chi connectivity index (χ3n) is 3.95. The maximum atomic E-state index is 12.6. The summed E-state index contributed by atoms with van der Waals surface area (Å²) < 4.78 is 31.4. The number of hydrogen-bond donors (Lipinski definition) is 2. The van der Waals surface area contributed by atoms with Crippen molar-refractivity contribution in [3.8, 4) is 11.6 Å². The Labute approximate surface area is 190 Å². The van der Waals surface area contributed by atoms with Crippen LogP contribution in [0.3, 0.4) is 0 Å². The van der Waals surface area contributed by atoms with Crippen LogP contribution in [0.15, 0.2) is 66.0 Å². The molecule has 0 bridgehead atoms. The molecule has 0 atom stereocenters. The Kier molecular flexibility index (Phi) is 9.45. The van der Waals surface area contributed by atoms with Crippen molar-refractivity contribution >= 4 is 29.9 Å². The first-order valence-corrected chi connectivity index (χ1v) is 9.15. The Balaban J connectivity index is 0.00000320. The van der Waals surface area contributed by atoms with Gasteiger partial charge in [-0.15, -0.1) is 24.0 Å². The molecular weight excluding hydrogens is 505 g/mol. The fraction of sp³-hybridized carbons (Fsp3) is 0.250. The minimum atomic E-state index is -2.87. The highest BCUT2D eigenvalue weighted by atomic mass is 127. The van der Waals surface area contributed by atoms with Gasteiger partial charge < -0.3 is 15.4 Å². The highest BCUT2D eigenvalue weighted by Crippen LogP contribution is 2.19. The van der Waals surface area contributed by atoms with E-state index in [-0.39, 0.29) is 29.7 Å². The van der Waals surface area contributed by atoms with Gasteiger partial charge in [0.2, 0.25) is 0 Å². The van der Waals surface area contributed by atoms with Crippen LogP contribution in [0.4, 0.5) is 8.78 Å². The number of nitrogens with one attached hydrogen (secondary N) is 2. The molecule has 2 heterocycles. The van der Waals surface area contributed by atoms with Crippen LogP contribution >= 0.6 is 24.0 Å². The number of nitrogens with zero attached hydrogens (tertiary/aromatic N) is 4. The number of hydrogen-bond acceptors (Lipinski definition) is 4. The number of guanidine groups is 1. The summed E-state index contributed by atoms with van der Waals surface area (Å²) >= 11 is 0. The van der Waals surface area contributed by atoms with E-state index in [2.05, 4.69) is 30.4 Å². The standard InChI is InChI=1S/C20H22F2N6O.HI/c1-2-23-20(26-14-16-6-3-4-7-17(16)29-19(21)22)25-13-15-8-10-24-18(12-15)28-11-5-9-27-28;/h3-12,19H,2,13-14H2,1H3,(H2,23,25,26);1H. The number of rotatable bonds is 8. The number of para-hydroxylation sites is 1. The molecule has 160 valence electrons. The van der Waals surface area contributed by atoms with Crippen molar-refractivity contribution in [1.29, 1.82) is 0 Å². The van der Waals surface area contributed by atoms with Gasteiger partial charge in [-0.25, -0.2) is 14.7 Å². The van der Waals surface area contributed by atoms with Crippen LogP contribution in [-0.2, 0) is 13.1 Å². The molecule has 1 aromatic carbocycles. The van der Waals surface area contributed by atoms with E-state index in [9.17, 15) is 8.78 Å². The van der Waals surface area contributed by atoms with Crippen LogP contribution < -0.4 is 15.4 Å². The van der Waals surface area contributed by atoms with Crippen molar-refractivity contribution in [2.45, 2.75) is 26.6 Å². The normalized spacial score (nSPS) is 11.1. The minimum Gasteiger partial charge on any atom is -0.434 e. The lowest BCUT2D eigenvalue weighted by molar-refractivity contribution is -0.0504. The summed E-state index contributed by atoms with van der Waals surface area (Å²) in [5.41, 5.74) is 1.58. The number of aromatic nitrogens is 3. The molecular formula is C20H23F2IN6O. The molecule has 0 unspecified atom stereocenters. The van der Waals surface area contributed by atoms with Gasteiger partial charge in [-0.3, -0.25) is 0 Å². The van der Waals surface area contributed by atoms with Crippen LogP contribution in [0, 0.1) is 0 Å². The summed E-state index contributed by atoms with van der Waals surface area (Å²) in [5, 5.41) is 10.5. The average Bonchev–Trinajstić information content (AvgIpc) is 3.26. The predicted molar refractivity (Wildman–Crippen MR) is 122 cm³/mol. The van der Waals surface area contributed by atoms with Crippen LogP contribution in [0.5, 0.6) is 5.75 Å². The van der Waals surface area contributed by atoms with Gasteiger partial charge in [0.25, 0.3) is 0 Å². The third-order valence-corrected chi connectivity index (χ3v) is 3.95. The van der Waals surface area contributed by atoms with E-state index in [0.717, 1.165) is 5.56 Å². The molecule has 0 spiro atoms. The molecule has 0 fully saturated rings. The smallest absolute Gasteiger partial charge is 0.387 e. The van der Waals surface area contributed by atoms with E-state index in [0.29, 0.717) is 37.0 Å². The lowest BCUT2D eigenvalue weighted by Crippen LogP contribution is -2.36. The molecule has 10 heteroatoms. The van der Waals surface area contributed by atoms with Gasteiger partial charge in [0.15, 0.2) is 11.8 Å². The molecule has 3 aromatic rings. The Bertz CT molecular complexity index is 937. The number of aliphatic imine (C=N–C) groups is 1. The van der Waals surface area contributed by atoms with Crippen molar-refractivity contribution in [2.24, 2.45) is 4.99 Å². The highest BCUT2D eigenvalue weighted by Gasteiger charge is 2.09. The van der Waals surface area contributed by atoms with Gasteiger partial charge >= 0.3 is 6.61 Å². The van der Waals surface area contributed by atoms with Gasteiger partial charge in [-0.05, 0) is 36.8 Å². The van der Waals surface area contributed by atoms with Crippen molar-refractivity contribution in [2.75, 3.05) is 6.54 Å². The molecule has 0 aliphatic heterocycles. The van der Waals surface area contributed by atoms with Crippen molar-refractivity contribution in [3.63, 3.8) is 0 Å². The van der Waals surface area contributed by atoms with Crippen LogP contribution in [0.1, 0.15) is 18.1 Å². The number of ether oxygens (including phenoxy) is 1. The molecule has 3 rings (SSSR count). The average molecular weight is 528 g/mol. The molecule has 7 nitrogen and oxygen atoms in total. The first kappa shape index (κ1) is 23.5. The van der Waals surface area contributed by atoms with Crippen LogP contribution in [0.2, 0.25) is 0 Å². The maximum Gasteiger partial charge on any atom is 0.387 e. The molecule has 30 heavy (non-hydrogen) atoms. The second-order valence-electron chi connectivity index (χ2n) is 6.01. The van der Waals surface area contributed by atoms with Gasteiger partial charge in [0.1, 0.15) is 5.75 Å². The van der Waals surface area contributed by atoms with Crippen molar-refractivity contribution in [3.05, 3.63) is 72.2 Å². The third kappa shape index (κ3) is 6.94. The molecule has 0 aliphatic rings. The zero-order valence-corrected chi connectivity index (χ0v) is 18.7. The summed E-state index contributed by atoms with van der Waals surface area (Å²) in [6.45, 7) is 0.461. The summed E-state index contributed by atoms with van der Waals surface area (Å²) in [4.78, 5) is 8.86. The van der Waals surface area contributed by atoms with Crippen molar-refractivity contribution < 1.29 is 13.5 Å². The first-order valence-electron chi connectivity index (χ1n) is 9.15. The zero-order valence-electron chi connectivity index (χ0n) is 16.3. The molecule has 0 radical (unpaired) electrons. The predicted octanol–water partition coefficient (Wildman–Crippen LogP) is 3.74. The summed E-state index contributed by atoms with van der Waals surface area (Å²) in [6.07, 6.45) is 5.22. The summed E-state index contributed by atoms with van der Waals surface area (Å²) in [7, 11) is 0. The maximum absolute atomic E-state index is 12.6. The van der Waals surface area contributed by atoms with Crippen LogP contribution in [-0.4, -0.2) is 33.9 Å². The van der Waals surface area contributed by atoms with Gasteiger partial charge in [-0.2, -0.15) is 13.9 Å². The molecule has 0 saturated heterocycles. The second kappa shape index (κ2) is 12.1. The lowest BCUT2D eigenvalue weighted by Gasteiger charge is -2.14. The largest absolute Gasteiger partial charge is 0.434 e. The highest BCUT2D eigenvalue weighted by molar-refractivity contribution is 14.0. The molecule has 2 aromatic heterocycles. The Morgan fingerprint density at radius 1 is 1.17 bits per heavy atom. The minimum absolute atomic E-state index is 0. The molecule has 0 saturated carbocycles. The summed E-state index contributed by atoms with van der Waals surface area (Å²) in [6, 6.07) is 12.3. The van der Waals surface area contributed by atoms with Gasteiger partial charge in [0.05, 0.1) is 6.54 Å². The van der Waals surface area contributed by atoms with E-state index in [1.165, 1.54) is 6.07 Å². The molecule has 2 N–H and O–H groups in total. The van der Waals surface area contributed by atoms with E-state index in [4.69, 9.17) is 0 Å². The lowest BCUT2D eigenvalue weighted by atomic mass is 10.2. The van der Waals surface area contributed by atoms with E-state index >= 15 is 0 Å². The van der Waals surface area contributed by atoms with Gasteiger partial charge in [0, 0.05) is 37.2 Å². The topological polar surface area (TPSA) is 76.4 Å².